The Kier molecular flexibility index (Phi) is 7.11. The number of rotatable bonds is 8. The van der Waals surface area contributed by atoms with Crippen molar-refractivity contribution in [2.45, 2.75) is 59.6 Å². The van der Waals surface area contributed by atoms with Crippen molar-refractivity contribution in [1.29, 1.82) is 0 Å². The molecule has 0 saturated heterocycles. The highest BCUT2D eigenvalue weighted by Crippen LogP contribution is 2.11. The van der Waals surface area contributed by atoms with Gasteiger partial charge < -0.3 is 10.1 Å². The van der Waals surface area contributed by atoms with Gasteiger partial charge in [-0.25, -0.2) is 0 Å². The molecule has 19 heavy (non-hydrogen) atoms. The fraction of sp³-hybridized carbons (Fsp3) is 0.647. The maximum atomic E-state index is 5.77. The van der Waals surface area contributed by atoms with Crippen LogP contribution in [0.15, 0.2) is 18.2 Å². The van der Waals surface area contributed by atoms with Crippen LogP contribution in [0.2, 0.25) is 0 Å². The fourth-order valence-corrected chi connectivity index (χ4v) is 2.32. The summed E-state index contributed by atoms with van der Waals surface area (Å²) in [6, 6.07) is 7.19. The molecular formula is C17H29NO. The van der Waals surface area contributed by atoms with Crippen LogP contribution in [0.3, 0.4) is 0 Å². The molecule has 0 bridgehead atoms. The molecule has 0 heterocycles. The van der Waals surface area contributed by atoms with Crippen molar-refractivity contribution < 1.29 is 4.74 Å². The molecule has 0 amide bonds. The standard InChI is InChI=1S/C17H29NO/c1-6-7-18-17(12-19-13(2)3)11-16-9-14(4)8-15(5)10-16/h8-10,13,17-18H,6-7,11-12H2,1-5H3. The van der Waals surface area contributed by atoms with E-state index in [9.17, 15) is 0 Å². The summed E-state index contributed by atoms with van der Waals surface area (Å²) in [6.07, 6.45) is 2.49. The Hall–Kier alpha value is -0.860. The Morgan fingerprint density at radius 2 is 1.74 bits per heavy atom. The van der Waals surface area contributed by atoms with E-state index >= 15 is 0 Å². The minimum Gasteiger partial charge on any atom is -0.377 e. The van der Waals surface area contributed by atoms with Crippen molar-refractivity contribution in [2.24, 2.45) is 0 Å². The highest BCUT2D eigenvalue weighted by Gasteiger charge is 2.10. The van der Waals surface area contributed by atoms with E-state index in [-0.39, 0.29) is 0 Å². The second-order valence-electron chi connectivity index (χ2n) is 5.73. The lowest BCUT2D eigenvalue weighted by molar-refractivity contribution is 0.0613. The number of benzene rings is 1. The average Bonchev–Trinajstić information content (AvgIpc) is 2.31. The normalized spacial score (nSPS) is 12.9. The maximum absolute atomic E-state index is 5.77. The van der Waals surface area contributed by atoms with E-state index in [0.717, 1.165) is 26.0 Å². The van der Waals surface area contributed by atoms with E-state index in [4.69, 9.17) is 4.74 Å². The third kappa shape index (κ3) is 6.74. The summed E-state index contributed by atoms with van der Waals surface area (Å²) in [5, 5.41) is 3.59. The molecule has 0 spiro atoms. The fourth-order valence-electron chi connectivity index (χ4n) is 2.32. The number of nitrogens with one attached hydrogen (secondary N) is 1. The summed E-state index contributed by atoms with van der Waals surface area (Å²) in [6.45, 7) is 12.5. The molecule has 1 aromatic carbocycles. The third-order valence-corrected chi connectivity index (χ3v) is 3.08. The van der Waals surface area contributed by atoms with Crippen LogP contribution in [0.1, 0.15) is 43.9 Å². The molecule has 1 N–H and O–H groups in total. The van der Waals surface area contributed by atoms with Crippen LogP contribution < -0.4 is 5.32 Å². The minimum absolute atomic E-state index is 0.296. The number of ether oxygens (including phenoxy) is 1. The second-order valence-corrected chi connectivity index (χ2v) is 5.73. The maximum Gasteiger partial charge on any atom is 0.0626 e. The molecule has 108 valence electrons. The number of hydrogen-bond acceptors (Lipinski definition) is 2. The van der Waals surface area contributed by atoms with Crippen molar-refractivity contribution in [2.75, 3.05) is 13.2 Å². The summed E-state index contributed by atoms with van der Waals surface area (Å²) in [5.74, 6) is 0. The van der Waals surface area contributed by atoms with Crippen LogP contribution >= 0.6 is 0 Å². The van der Waals surface area contributed by atoms with Gasteiger partial charge in [-0.1, -0.05) is 36.2 Å². The van der Waals surface area contributed by atoms with E-state index in [0.29, 0.717) is 12.1 Å². The molecule has 2 nitrogen and oxygen atoms in total. The first kappa shape index (κ1) is 16.2. The van der Waals surface area contributed by atoms with Gasteiger partial charge in [0.05, 0.1) is 12.7 Å². The van der Waals surface area contributed by atoms with Crippen molar-refractivity contribution in [3.63, 3.8) is 0 Å². The monoisotopic (exact) mass is 263 g/mol. The molecule has 0 aliphatic heterocycles. The van der Waals surface area contributed by atoms with Crippen LogP contribution in [0.4, 0.5) is 0 Å². The summed E-state index contributed by atoms with van der Waals surface area (Å²) >= 11 is 0. The molecular weight excluding hydrogens is 234 g/mol. The van der Waals surface area contributed by atoms with Gasteiger partial charge in [-0.3, -0.25) is 0 Å². The first-order valence-electron chi connectivity index (χ1n) is 7.43. The Morgan fingerprint density at radius 3 is 2.26 bits per heavy atom. The zero-order chi connectivity index (χ0) is 14.3. The Bertz CT molecular complexity index is 353. The number of hydrogen-bond donors (Lipinski definition) is 1. The first-order chi connectivity index (χ1) is 9.01. The number of aryl methyl sites for hydroxylation is 2. The smallest absolute Gasteiger partial charge is 0.0626 e. The van der Waals surface area contributed by atoms with Gasteiger partial charge in [0.2, 0.25) is 0 Å². The quantitative estimate of drug-likeness (QED) is 0.773. The van der Waals surface area contributed by atoms with Gasteiger partial charge in [-0.15, -0.1) is 0 Å². The predicted molar refractivity (Wildman–Crippen MR) is 82.8 cm³/mol. The third-order valence-electron chi connectivity index (χ3n) is 3.08. The van der Waals surface area contributed by atoms with Gasteiger partial charge in [-0.05, 0) is 52.6 Å². The summed E-state index contributed by atoms with van der Waals surface area (Å²) in [5.41, 5.74) is 4.08. The van der Waals surface area contributed by atoms with Gasteiger partial charge in [0.15, 0.2) is 0 Å². The van der Waals surface area contributed by atoms with Crippen LogP contribution in [0.5, 0.6) is 0 Å². The van der Waals surface area contributed by atoms with Gasteiger partial charge in [0.25, 0.3) is 0 Å². The zero-order valence-electron chi connectivity index (χ0n) is 13.1. The highest BCUT2D eigenvalue weighted by molar-refractivity contribution is 5.29. The van der Waals surface area contributed by atoms with Crippen LogP contribution in [0.25, 0.3) is 0 Å². The van der Waals surface area contributed by atoms with E-state index in [1.54, 1.807) is 0 Å². The van der Waals surface area contributed by atoms with Crippen LogP contribution in [-0.2, 0) is 11.2 Å². The predicted octanol–water partition coefficient (Wildman–Crippen LogP) is 3.64. The van der Waals surface area contributed by atoms with Gasteiger partial charge >= 0.3 is 0 Å². The topological polar surface area (TPSA) is 21.3 Å². The largest absolute Gasteiger partial charge is 0.377 e. The highest BCUT2D eigenvalue weighted by atomic mass is 16.5. The Balaban J connectivity index is 2.63. The molecule has 1 aromatic rings. The van der Waals surface area contributed by atoms with Crippen molar-refractivity contribution >= 4 is 0 Å². The SMILES string of the molecule is CCCNC(COC(C)C)Cc1cc(C)cc(C)c1. The van der Waals surface area contributed by atoms with Gasteiger partial charge in [0.1, 0.15) is 0 Å². The van der Waals surface area contributed by atoms with Crippen LogP contribution in [0, 0.1) is 13.8 Å². The molecule has 1 unspecified atom stereocenters. The molecule has 1 rings (SSSR count). The summed E-state index contributed by atoms with van der Waals surface area (Å²) in [7, 11) is 0. The molecule has 0 saturated carbocycles. The molecule has 0 aliphatic rings. The van der Waals surface area contributed by atoms with Crippen LogP contribution in [-0.4, -0.2) is 25.3 Å². The van der Waals surface area contributed by atoms with Crippen molar-refractivity contribution in [1.82, 2.24) is 5.32 Å². The van der Waals surface area contributed by atoms with E-state index < -0.39 is 0 Å². The minimum atomic E-state index is 0.296. The molecule has 0 aliphatic carbocycles. The zero-order valence-corrected chi connectivity index (χ0v) is 13.1. The van der Waals surface area contributed by atoms with Gasteiger partial charge in [0, 0.05) is 6.04 Å². The lowest BCUT2D eigenvalue weighted by atomic mass is 10.0. The Labute approximate surface area is 118 Å². The molecule has 0 aromatic heterocycles. The van der Waals surface area contributed by atoms with E-state index in [1.165, 1.54) is 16.7 Å². The lowest BCUT2D eigenvalue weighted by Gasteiger charge is -2.20. The van der Waals surface area contributed by atoms with Gasteiger partial charge in [-0.2, -0.15) is 0 Å². The summed E-state index contributed by atoms with van der Waals surface area (Å²) < 4.78 is 5.77. The first-order valence-corrected chi connectivity index (χ1v) is 7.43. The Morgan fingerprint density at radius 1 is 1.11 bits per heavy atom. The van der Waals surface area contributed by atoms with E-state index in [2.05, 4.69) is 58.1 Å². The lowest BCUT2D eigenvalue weighted by Crippen LogP contribution is -2.36. The second kappa shape index (κ2) is 8.34. The van der Waals surface area contributed by atoms with Crippen molar-refractivity contribution in [3.8, 4) is 0 Å². The van der Waals surface area contributed by atoms with E-state index in [1.807, 2.05) is 0 Å². The summed E-state index contributed by atoms with van der Waals surface area (Å²) in [4.78, 5) is 0. The molecule has 0 radical (unpaired) electrons. The molecule has 0 fully saturated rings. The van der Waals surface area contributed by atoms with Crippen molar-refractivity contribution in [3.05, 3.63) is 34.9 Å². The average molecular weight is 263 g/mol. The molecule has 1 atom stereocenters. The molecule has 2 heteroatoms.